The van der Waals surface area contributed by atoms with Gasteiger partial charge in [-0.2, -0.15) is 0 Å². The van der Waals surface area contributed by atoms with E-state index < -0.39 is 0 Å². The molecule has 2 atom stereocenters. The van der Waals surface area contributed by atoms with Crippen molar-refractivity contribution in [2.75, 3.05) is 0 Å². The van der Waals surface area contributed by atoms with Crippen LogP contribution in [0.15, 0.2) is 24.5 Å². The van der Waals surface area contributed by atoms with Crippen LogP contribution < -0.4 is 5.73 Å². The van der Waals surface area contributed by atoms with Crippen LogP contribution in [0.3, 0.4) is 0 Å². The second-order valence-electron chi connectivity index (χ2n) is 7.37. The highest BCUT2D eigenvalue weighted by molar-refractivity contribution is 7.11. The van der Waals surface area contributed by atoms with Gasteiger partial charge >= 0.3 is 0 Å². The molecule has 118 valence electrons. The Balaban J connectivity index is 1.72. The molecule has 22 heavy (non-hydrogen) atoms. The fourth-order valence-corrected chi connectivity index (χ4v) is 4.42. The van der Waals surface area contributed by atoms with E-state index in [-0.39, 0.29) is 6.04 Å². The topological polar surface area (TPSA) is 51.8 Å². The van der Waals surface area contributed by atoms with Gasteiger partial charge in [-0.3, -0.25) is 4.98 Å². The number of hydrogen-bond acceptors (Lipinski definition) is 4. The molecule has 2 aromatic heterocycles. The Kier molecular flexibility index (Phi) is 4.33. The van der Waals surface area contributed by atoms with Crippen molar-refractivity contribution in [3.8, 4) is 0 Å². The summed E-state index contributed by atoms with van der Waals surface area (Å²) in [6.45, 7) is 7.05. The summed E-state index contributed by atoms with van der Waals surface area (Å²) in [6.07, 6.45) is 7.99. The second-order valence-corrected chi connectivity index (χ2v) is 8.54. The van der Waals surface area contributed by atoms with Crippen molar-refractivity contribution in [3.63, 3.8) is 0 Å². The van der Waals surface area contributed by atoms with E-state index in [9.17, 15) is 0 Å². The number of thiazole rings is 1. The molecular weight excluding hydrogens is 290 g/mol. The molecule has 0 saturated carbocycles. The van der Waals surface area contributed by atoms with Crippen molar-refractivity contribution in [2.24, 2.45) is 17.1 Å². The molecule has 2 heterocycles. The number of fused-ring (bicyclic) bond motifs is 1. The normalized spacial score (nSPS) is 19.7. The number of aryl methyl sites for hydroxylation is 1. The molecule has 2 N–H and O–H groups in total. The van der Waals surface area contributed by atoms with Crippen LogP contribution in [0.2, 0.25) is 0 Å². The van der Waals surface area contributed by atoms with Gasteiger partial charge in [0.1, 0.15) is 0 Å². The zero-order valence-corrected chi connectivity index (χ0v) is 14.5. The van der Waals surface area contributed by atoms with Gasteiger partial charge in [-0.25, -0.2) is 4.98 Å². The minimum absolute atomic E-state index is 0.00835. The monoisotopic (exact) mass is 315 g/mol. The predicted octanol–water partition coefficient (Wildman–Crippen LogP) is 3.93. The zero-order valence-electron chi connectivity index (χ0n) is 13.7. The molecule has 4 heteroatoms. The van der Waals surface area contributed by atoms with Gasteiger partial charge in [0, 0.05) is 29.7 Å². The van der Waals surface area contributed by atoms with Gasteiger partial charge in [-0.05, 0) is 48.3 Å². The molecule has 0 fully saturated rings. The Labute approximate surface area is 137 Å². The number of pyridine rings is 1. The van der Waals surface area contributed by atoms with Crippen molar-refractivity contribution in [1.82, 2.24) is 9.97 Å². The number of rotatable bonds is 3. The van der Waals surface area contributed by atoms with Crippen LogP contribution in [0.5, 0.6) is 0 Å². The summed E-state index contributed by atoms with van der Waals surface area (Å²) >= 11 is 1.87. The third-order valence-corrected chi connectivity index (χ3v) is 5.88. The van der Waals surface area contributed by atoms with Gasteiger partial charge in [-0.15, -0.1) is 11.3 Å². The standard InChI is InChI=1S/C18H25N3S/c1-18(2,3)13-4-5-15-16(10-13)22-17(21-15)11-14(19)12-6-8-20-9-7-12/h6-9,13-14H,4-5,10-11,19H2,1-3H3. The van der Waals surface area contributed by atoms with Crippen LogP contribution in [0.4, 0.5) is 0 Å². The highest BCUT2D eigenvalue weighted by Crippen LogP contribution is 2.39. The number of nitrogens with zero attached hydrogens (tertiary/aromatic N) is 2. The SMILES string of the molecule is CC(C)(C)C1CCc2nc(CC(N)c3ccncc3)sc2C1. The van der Waals surface area contributed by atoms with E-state index in [1.54, 1.807) is 12.4 Å². The van der Waals surface area contributed by atoms with Crippen molar-refractivity contribution < 1.29 is 0 Å². The summed E-state index contributed by atoms with van der Waals surface area (Å²) in [5.41, 5.74) is 9.16. The Morgan fingerprint density at radius 1 is 1.32 bits per heavy atom. The number of nitrogens with two attached hydrogens (primary N) is 1. The molecule has 0 aliphatic heterocycles. The predicted molar refractivity (Wildman–Crippen MR) is 92.0 cm³/mol. The second kappa shape index (κ2) is 6.09. The van der Waals surface area contributed by atoms with Gasteiger partial charge in [0.15, 0.2) is 0 Å². The van der Waals surface area contributed by atoms with E-state index in [1.165, 1.54) is 28.4 Å². The minimum atomic E-state index is 0.00835. The lowest BCUT2D eigenvalue weighted by Gasteiger charge is -2.33. The Hall–Kier alpha value is -1.26. The summed E-state index contributed by atoms with van der Waals surface area (Å²) in [4.78, 5) is 10.4. The van der Waals surface area contributed by atoms with Crippen LogP contribution in [-0.4, -0.2) is 9.97 Å². The van der Waals surface area contributed by atoms with E-state index in [0.717, 1.165) is 24.3 Å². The maximum Gasteiger partial charge on any atom is 0.0950 e. The van der Waals surface area contributed by atoms with Gasteiger partial charge in [0.2, 0.25) is 0 Å². The van der Waals surface area contributed by atoms with Gasteiger partial charge in [-0.1, -0.05) is 20.8 Å². The molecular formula is C18H25N3S. The highest BCUT2D eigenvalue weighted by atomic mass is 32.1. The first kappa shape index (κ1) is 15.6. The first-order valence-corrected chi connectivity index (χ1v) is 8.88. The first-order valence-electron chi connectivity index (χ1n) is 8.06. The Morgan fingerprint density at radius 2 is 2.05 bits per heavy atom. The van der Waals surface area contributed by atoms with Crippen LogP contribution >= 0.6 is 11.3 Å². The van der Waals surface area contributed by atoms with Gasteiger partial charge in [0.25, 0.3) is 0 Å². The Bertz CT molecular complexity index is 628. The lowest BCUT2D eigenvalue weighted by molar-refractivity contribution is 0.217. The van der Waals surface area contributed by atoms with E-state index in [0.29, 0.717) is 5.41 Å². The fraction of sp³-hybridized carbons (Fsp3) is 0.556. The highest BCUT2D eigenvalue weighted by Gasteiger charge is 2.30. The quantitative estimate of drug-likeness (QED) is 0.933. The third kappa shape index (κ3) is 3.39. The minimum Gasteiger partial charge on any atom is -0.324 e. The Morgan fingerprint density at radius 3 is 2.73 bits per heavy atom. The maximum absolute atomic E-state index is 6.32. The number of hydrogen-bond donors (Lipinski definition) is 1. The summed E-state index contributed by atoms with van der Waals surface area (Å²) < 4.78 is 0. The van der Waals surface area contributed by atoms with Crippen LogP contribution in [0.1, 0.15) is 54.4 Å². The van der Waals surface area contributed by atoms with Gasteiger partial charge in [0.05, 0.1) is 10.7 Å². The van der Waals surface area contributed by atoms with E-state index in [1.807, 2.05) is 23.5 Å². The van der Waals surface area contributed by atoms with E-state index in [2.05, 4.69) is 25.8 Å². The molecule has 2 unspecified atom stereocenters. The molecule has 2 aromatic rings. The molecule has 0 saturated heterocycles. The van der Waals surface area contributed by atoms with Crippen LogP contribution in [0.25, 0.3) is 0 Å². The summed E-state index contributed by atoms with van der Waals surface area (Å²) in [5.74, 6) is 0.766. The molecule has 3 rings (SSSR count). The van der Waals surface area contributed by atoms with Crippen molar-refractivity contribution >= 4 is 11.3 Å². The third-order valence-electron chi connectivity index (χ3n) is 4.74. The number of aromatic nitrogens is 2. The molecule has 0 spiro atoms. The average molecular weight is 315 g/mol. The fourth-order valence-electron chi connectivity index (χ4n) is 3.17. The van der Waals surface area contributed by atoms with Gasteiger partial charge < -0.3 is 5.73 Å². The average Bonchev–Trinajstić information content (AvgIpc) is 2.88. The van der Waals surface area contributed by atoms with Crippen molar-refractivity contribution in [3.05, 3.63) is 45.7 Å². The summed E-state index contributed by atoms with van der Waals surface area (Å²) in [7, 11) is 0. The molecule has 1 aliphatic rings. The lowest BCUT2D eigenvalue weighted by atomic mass is 9.73. The lowest BCUT2D eigenvalue weighted by Crippen LogP contribution is -2.26. The molecule has 0 bridgehead atoms. The summed E-state index contributed by atoms with van der Waals surface area (Å²) in [6, 6.07) is 4.00. The molecule has 3 nitrogen and oxygen atoms in total. The molecule has 0 aromatic carbocycles. The van der Waals surface area contributed by atoms with E-state index in [4.69, 9.17) is 10.7 Å². The van der Waals surface area contributed by atoms with Crippen LogP contribution in [0, 0.1) is 11.3 Å². The van der Waals surface area contributed by atoms with Crippen LogP contribution in [-0.2, 0) is 19.3 Å². The molecule has 1 aliphatic carbocycles. The zero-order chi connectivity index (χ0) is 15.7. The molecule has 0 radical (unpaired) electrons. The maximum atomic E-state index is 6.32. The largest absolute Gasteiger partial charge is 0.324 e. The van der Waals surface area contributed by atoms with E-state index >= 15 is 0 Å². The molecule has 0 amide bonds. The summed E-state index contributed by atoms with van der Waals surface area (Å²) in [5, 5.41) is 1.18. The smallest absolute Gasteiger partial charge is 0.0950 e. The van der Waals surface area contributed by atoms with Crippen molar-refractivity contribution in [1.29, 1.82) is 0 Å². The first-order chi connectivity index (χ1) is 10.4. The van der Waals surface area contributed by atoms with Crippen molar-refractivity contribution in [2.45, 2.75) is 52.5 Å².